The number of amides is 1. The van der Waals surface area contributed by atoms with Crippen LogP contribution in [0, 0.1) is 18.3 Å². The number of nitrogens with zero attached hydrogens (tertiary/aromatic N) is 3. The number of methoxy groups -OCH3 is 1. The van der Waals surface area contributed by atoms with E-state index in [0.29, 0.717) is 46.2 Å². The number of anilines is 1. The largest absolute Gasteiger partial charge is 0.493 e. The number of carbonyl (C=O) groups is 1. The minimum atomic E-state index is -0.562. The van der Waals surface area contributed by atoms with Gasteiger partial charge in [-0.1, -0.05) is 42.9 Å². The number of rotatable bonds is 10. The van der Waals surface area contributed by atoms with E-state index in [1.165, 1.54) is 24.5 Å². The molecule has 0 aliphatic carbocycles. The lowest BCUT2D eigenvalue weighted by Crippen LogP contribution is -2.13. The fourth-order valence-electron chi connectivity index (χ4n) is 2.91. The van der Waals surface area contributed by atoms with Gasteiger partial charge >= 0.3 is 0 Å². The molecule has 0 aliphatic rings. The monoisotopic (exact) mass is 512 g/mol. The van der Waals surface area contributed by atoms with E-state index in [-0.39, 0.29) is 11.5 Å². The molecule has 0 radical (unpaired) electrons. The van der Waals surface area contributed by atoms with Crippen molar-refractivity contribution < 1.29 is 19.0 Å². The Morgan fingerprint density at radius 1 is 1.17 bits per heavy atom. The molecule has 10 heteroatoms. The molecule has 182 valence electrons. The van der Waals surface area contributed by atoms with E-state index in [4.69, 9.17) is 25.8 Å². The molecule has 1 heterocycles. The number of hydrogen-bond donors (Lipinski definition) is 1. The van der Waals surface area contributed by atoms with Gasteiger partial charge in [0.15, 0.2) is 11.5 Å². The molecular formula is C25H25ClN4O4S. The van der Waals surface area contributed by atoms with Crippen molar-refractivity contribution in [2.24, 2.45) is 0 Å². The van der Waals surface area contributed by atoms with Crippen molar-refractivity contribution in [2.75, 3.05) is 25.6 Å². The van der Waals surface area contributed by atoms with Crippen molar-refractivity contribution in [1.29, 1.82) is 5.26 Å². The summed E-state index contributed by atoms with van der Waals surface area (Å²) in [6.45, 7) is 6.50. The molecule has 8 nitrogen and oxygen atoms in total. The second-order valence-electron chi connectivity index (χ2n) is 7.74. The maximum atomic E-state index is 12.5. The Bertz CT molecular complexity index is 1270. The second kappa shape index (κ2) is 12.2. The minimum Gasteiger partial charge on any atom is -0.493 e. The smallest absolute Gasteiger partial charge is 0.268 e. The van der Waals surface area contributed by atoms with E-state index < -0.39 is 5.91 Å². The van der Waals surface area contributed by atoms with Gasteiger partial charge in [-0.2, -0.15) is 5.26 Å². The zero-order valence-electron chi connectivity index (χ0n) is 19.8. The summed E-state index contributed by atoms with van der Waals surface area (Å²) in [5.74, 6) is 1.32. The number of ether oxygens (including phenoxy) is 3. The number of aryl methyl sites for hydroxylation is 1. The van der Waals surface area contributed by atoms with Gasteiger partial charge in [0.2, 0.25) is 5.13 Å². The minimum absolute atomic E-state index is 0.0753. The van der Waals surface area contributed by atoms with Crippen LogP contribution in [-0.2, 0) is 4.79 Å². The van der Waals surface area contributed by atoms with Crippen molar-refractivity contribution in [3.05, 3.63) is 63.1 Å². The Kier molecular flexibility index (Phi) is 9.06. The van der Waals surface area contributed by atoms with Gasteiger partial charge in [0.1, 0.15) is 35.6 Å². The molecule has 35 heavy (non-hydrogen) atoms. The fraction of sp³-hybridized carbons (Fsp3) is 0.280. The topological polar surface area (TPSA) is 106 Å². The van der Waals surface area contributed by atoms with Crippen LogP contribution in [0.5, 0.6) is 17.2 Å². The van der Waals surface area contributed by atoms with E-state index >= 15 is 0 Å². The summed E-state index contributed by atoms with van der Waals surface area (Å²) >= 11 is 7.31. The lowest BCUT2D eigenvalue weighted by Gasteiger charge is -2.12. The van der Waals surface area contributed by atoms with E-state index in [2.05, 4.69) is 15.5 Å². The first kappa shape index (κ1) is 26.0. The maximum absolute atomic E-state index is 12.5. The average molecular weight is 513 g/mol. The van der Waals surface area contributed by atoms with Crippen LogP contribution in [0.15, 0.2) is 42.0 Å². The van der Waals surface area contributed by atoms with Gasteiger partial charge in [0.05, 0.1) is 7.11 Å². The number of nitrogens with one attached hydrogen (secondary N) is 1. The Balaban J connectivity index is 1.62. The third-order valence-electron chi connectivity index (χ3n) is 4.76. The molecule has 0 saturated heterocycles. The first-order chi connectivity index (χ1) is 16.8. The van der Waals surface area contributed by atoms with Crippen molar-refractivity contribution >= 4 is 40.1 Å². The molecule has 0 atom stereocenters. The highest BCUT2D eigenvalue weighted by atomic mass is 35.5. The maximum Gasteiger partial charge on any atom is 0.268 e. The molecule has 0 aliphatic heterocycles. The van der Waals surface area contributed by atoms with Crippen LogP contribution in [0.3, 0.4) is 0 Å². The van der Waals surface area contributed by atoms with Crippen molar-refractivity contribution in [3.63, 3.8) is 0 Å². The van der Waals surface area contributed by atoms with Gasteiger partial charge in [-0.3, -0.25) is 10.1 Å². The van der Waals surface area contributed by atoms with Gasteiger partial charge < -0.3 is 14.2 Å². The molecular weight excluding hydrogens is 488 g/mol. The molecule has 0 bridgehead atoms. The number of benzene rings is 2. The molecule has 0 fully saturated rings. The number of halogens is 1. The summed E-state index contributed by atoms with van der Waals surface area (Å²) in [7, 11) is 1.52. The number of hydrogen-bond acceptors (Lipinski definition) is 8. The molecule has 2 aromatic carbocycles. The van der Waals surface area contributed by atoms with Gasteiger partial charge in [0.25, 0.3) is 5.91 Å². The summed E-state index contributed by atoms with van der Waals surface area (Å²) in [5, 5.41) is 21.9. The number of carbonyl (C=O) groups excluding carboxylic acids is 1. The Hall–Kier alpha value is -3.61. The SMILES string of the molecule is COc1cc(C=C(C#N)C(=O)Nc2nnc(C(C)C)s2)ccc1OCCOc1ccc(Cl)c(C)c1. The van der Waals surface area contributed by atoms with E-state index in [1.807, 2.05) is 32.9 Å². The van der Waals surface area contributed by atoms with Crippen molar-refractivity contribution in [3.8, 4) is 23.3 Å². The predicted molar refractivity (Wildman–Crippen MR) is 136 cm³/mol. The van der Waals surface area contributed by atoms with E-state index in [0.717, 1.165) is 10.6 Å². The van der Waals surface area contributed by atoms with Crippen molar-refractivity contribution in [2.45, 2.75) is 26.7 Å². The third-order valence-corrected chi connectivity index (χ3v) is 6.32. The number of nitriles is 1. The van der Waals surface area contributed by atoms with Crippen LogP contribution in [-0.4, -0.2) is 36.4 Å². The normalized spacial score (nSPS) is 11.2. The van der Waals surface area contributed by atoms with Crippen molar-refractivity contribution in [1.82, 2.24) is 10.2 Å². The second-order valence-corrected chi connectivity index (χ2v) is 9.16. The molecule has 1 aromatic heterocycles. The summed E-state index contributed by atoms with van der Waals surface area (Å²) in [6.07, 6.45) is 1.47. The highest BCUT2D eigenvalue weighted by Gasteiger charge is 2.15. The number of aromatic nitrogens is 2. The summed E-state index contributed by atoms with van der Waals surface area (Å²) < 4.78 is 16.9. The summed E-state index contributed by atoms with van der Waals surface area (Å²) in [5.41, 5.74) is 1.46. The molecule has 1 amide bonds. The zero-order chi connectivity index (χ0) is 25.4. The highest BCUT2D eigenvalue weighted by Crippen LogP contribution is 2.29. The van der Waals surface area contributed by atoms with Crippen LogP contribution in [0.1, 0.15) is 35.9 Å². The first-order valence-corrected chi connectivity index (χ1v) is 12.0. The Morgan fingerprint density at radius 3 is 2.60 bits per heavy atom. The predicted octanol–water partition coefficient (Wildman–Crippen LogP) is 5.64. The standard InChI is InChI=1S/C25H25ClN4O4S/c1-15(2)24-29-30-25(35-24)28-23(31)18(14-27)12-17-5-8-21(22(13-17)32-4)34-10-9-33-19-6-7-20(26)16(3)11-19/h5-8,11-13,15H,9-10H2,1-4H3,(H,28,30,31). The van der Waals surface area contributed by atoms with Gasteiger partial charge in [0, 0.05) is 10.9 Å². The van der Waals surface area contributed by atoms with Gasteiger partial charge in [-0.25, -0.2) is 0 Å². The molecule has 0 spiro atoms. The van der Waals surface area contributed by atoms with E-state index in [1.54, 1.807) is 30.3 Å². The molecule has 0 saturated carbocycles. The first-order valence-electron chi connectivity index (χ1n) is 10.8. The highest BCUT2D eigenvalue weighted by molar-refractivity contribution is 7.15. The summed E-state index contributed by atoms with van der Waals surface area (Å²) in [6, 6.07) is 12.5. The third kappa shape index (κ3) is 7.18. The fourth-order valence-corrected chi connectivity index (χ4v) is 3.77. The van der Waals surface area contributed by atoms with Gasteiger partial charge in [-0.05, 0) is 54.5 Å². The van der Waals surface area contributed by atoms with Crippen LogP contribution in [0.4, 0.5) is 5.13 Å². The lowest BCUT2D eigenvalue weighted by molar-refractivity contribution is -0.112. The van der Waals surface area contributed by atoms with E-state index in [9.17, 15) is 10.1 Å². The molecule has 3 rings (SSSR count). The summed E-state index contributed by atoms with van der Waals surface area (Å²) in [4.78, 5) is 12.5. The van der Waals surface area contributed by atoms with Crippen LogP contribution < -0.4 is 19.5 Å². The Labute approximate surface area is 213 Å². The molecule has 3 aromatic rings. The van der Waals surface area contributed by atoms with Crippen LogP contribution in [0.25, 0.3) is 6.08 Å². The quantitative estimate of drug-likeness (QED) is 0.213. The molecule has 0 unspecified atom stereocenters. The van der Waals surface area contributed by atoms with Crippen LogP contribution >= 0.6 is 22.9 Å². The Morgan fingerprint density at radius 2 is 1.94 bits per heavy atom. The lowest BCUT2D eigenvalue weighted by atomic mass is 10.1. The average Bonchev–Trinajstić information content (AvgIpc) is 3.31. The zero-order valence-corrected chi connectivity index (χ0v) is 21.4. The van der Waals surface area contributed by atoms with Crippen LogP contribution in [0.2, 0.25) is 5.02 Å². The van der Waals surface area contributed by atoms with Gasteiger partial charge in [-0.15, -0.1) is 10.2 Å². The molecule has 1 N–H and O–H groups in total.